The Balaban J connectivity index is 1.87. The number of hydrogen-bond acceptors (Lipinski definition) is 3. The van der Waals surface area contributed by atoms with Gasteiger partial charge in [0, 0.05) is 18.8 Å². The van der Waals surface area contributed by atoms with Crippen molar-refractivity contribution in [3.8, 4) is 5.75 Å². The van der Waals surface area contributed by atoms with E-state index in [2.05, 4.69) is 17.3 Å². The molecule has 0 radical (unpaired) electrons. The molecular weight excluding hydrogens is 260 g/mol. The number of halogens is 1. The summed E-state index contributed by atoms with van der Waals surface area (Å²) in [5.74, 6) is 1.48. The van der Waals surface area contributed by atoms with Crippen LogP contribution in [0.15, 0.2) is 18.2 Å². The summed E-state index contributed by atoms with van der Waals surface area (Å²) >= 11 is 6.18. The van der Waals surface area contributed by atoms with Gasteiger partial charge in [-0.25, -0.2) is 0 Å². The number of ether oxygens (including phenoxy) is 1. The van der Waals surface area contributed by atoms with Crippen molar-refractivity contribution in [3.63, 3.8) is 0 Å². The van der Waals surface area contributed by atoms with Gasteiger partial charge in [0.1, 0.15) is 5.75 Å². The van der Waals surface area contributed by atoms with E-state index in [9.17, 15) is 0 Å². The van der Waals surface area contributed by atoms with Crippen molar-refractivity contribution in [2.45, 2.75) is 19.8 Å². The summed E-state index contributed by atoms with van der Waals surface area (Å²) in [5, 5.41) is 4.15. The molecule has 0 bridgehead atoms. The largest absolute Gasteiger partial charge is 0.492 e. The van der Waals surface area contributed by atoms with Gasteiger partial charge in [-0.15, -0.1) is 0 Å². The van der Waals surface area contributed by atoms with E-state index >= 15 is 0 Å². The SMILES string of the molecule is CCOc1ccc(NCC2CCCN(C)C2)cc1Cl. The van der Waals surface area contributed by atoms with Crippen LogP contribution in [0.1, 0.15) is 19.8 Å². The average Bonchev–Trinajstić information content (AvgIpc) is 2.39. The van der Waals surface area contributed by atoms with E-state index in [0.29, 0.717) is 11.6 Å². The summed E-state index contributed by atoms with van der Waals surface area (Å²) in [6, 6.07) is 5.91. The minimum atomic E-state index is 0.640. The van der Waals surface area contributed by atoms with E-state index < -0.39 is 0 Å². The molecule has 3 nitrogen and oxygen atoms in total. The van der Waals surface area contributed by atoms with Crippen LogP contribution in [0.25, 0.3) is 0 Å². The maximum atomic E-state index is 6.18. The Bertz CT molecular complexity index is 411. The Kier molecular flexibility index (Phi) is 5.34. The van der Waals surface area contributed by atoms with Crippen LogP contribution >= 0.6 is 11.6 Å². The third-order valence-electron chi connectivity index (χ3n) is 3.55. The van der Waals surface area contributed by atoms with Gasteiger partial charge in [0.25, 0.3) is 0 Å². The first-order valence-electron chi connectivity index (χ1n) is 7.03. The maximum Gasteiger partial charge on any atom is 0.138 e. The first-order valence-corrected chi connectivity index (χ1v) is 7.41. The summed E-state index contributed by atoms with van der Waals surface area (Å²) in [4.78, 5) is 2.40. The topological polar surface area (TPSA) is 24.5 Å². The molecule has 0 spiro atoms. The van der Waals surface area contributed by atoms with Crippen LogP contribution in [-0.4, -0.2) is 38.2 Å². The summed E-state index contributed by atoms with van der Waals surface area (Å²) < 4.78 is 5.43. The van der Waals surface area contributed by atoms with Gasteiger partial charge < -0.3 is 15.0 Å². The smallest absolute Gasteiger partial charge is 0.138 e. The number of rotatable bonds is 5. The molecule has 1 aromatic rings. The van der Waals surface area contributed by atoms with Crippen LogP contribution in [0.2, 0.25) is 5.02 Å². The number of nitrogens with one attached hydrogen (secondary N) is 1. The first kappa shape index (κ1) is 14.5. The van der Waals surface area contributed by atoms with Gasteiger partial charge in [0.2, 0.25) is 0 Å². The molecule has 1 aliphatic heterocycles. The molecule has 1 unspecified atom stereocenters. The summed E-state index contributed by atoms with van der Waals surface area (Å²) in [6.07, 6.45) is 2.61. The van der Waals surface area contributed by atoms with E-state index in [1.54, 1.807) is 0 Å². The Morgan fingerprint density at radius 3 is 3.00 bits per heavy atom. The van der Waals surface area contributed by atoms with E-state index in [4.69, 9.17) is 16.3 Å². The van der Waals surface area contributed by atoms with Crippen molar-refractivity contribution in [3.05, 3.63) is 23.2 Å². The van der Waals surface area contributed by atoms with E-state index in [1.165, 1.54) is 25.9 Å². The molecule has 1 N–H and O–H groups in total. The zero-order chi connectivity index (χ0) is 13.7. The molecule has 0 saturated carbocycles. The fraction of sp³-hybridized carbons (Fsp3) is 0.600. The van der Waals surface area contributed by atoms with E-state index in [1.807, 2.05) is 25.1 Å². The van der Waals surface area contributed by atoms with E-state index in [0.717, 1.165) is 23.9 Å². The highest BCUT2D eigenvalue weighted by molar-refractivity contribution is 6.32. The van der Waals surface area contributed by atoms with Crippen molar-refractivity contribution in [1.82, 2.24) is 4.90 Å². The molecule has 2 rings (SSSR count). The lowest BCUT2D eigenvalue weighted by Crippen LogP contribution is -2.35. The predicted molar refractivity (Wildman–Crippen MR) is 81.3 cm³/mol. The molecule has 1 aromatic carbocycles. The van der Waals surface area contributed by atoms with Crippen LogP contribution in [0.4, 0.5) is 5.69 Å². The molecule has 106 valence electrons. The monoisotopic (exact) mass is 282 g/mol. The molecular formula is C15H23ClN2O. The molecule has 1 atom stereocenters. The quantitative estimate of drug-likeness (QED) is 0.895. The second-order valence-corrected chi connectivity index (χ2v) is 5.64. The van der Waals surface area contributed by atoms with Crippen molar-refractivity contribution in [2.24, 2.45) is 5.92 Å². The normalized spacial score (nSPS) is 20.3. The first-order chi connectivity index (χ1) is 9.19. The molecule has 1 fully saturated rings. The van der Waals surface area contributed by atoms with Crippen molar-refractivity contribution < 1.29 is 4.74 Å². The molecule has 1 heterocycles. The zero-order valence-electron chi connectivity index (χ0n) is 11.8. The van der Waals surface area contributed by atoms with E-state index in [-0.39, 0.29) is 0 Å². The van der Waals surface area contributed by atoms with Gasteiger partial charge in [0.05, 0.1) is 11.6 Å². The predicted octanol–water partition coefficient (Wildman–Crippen LogP) is 3.49. The third-order valence-corrected chi connectivity index (χ3v) is 3.84. The van der Waals surface area contributed by atoms with Crippen LogP contribution in [0.3, 0.4) is 0 Å². The number of nitrogens with zero attached hydrogens (tertiary/aromatic N) is 1. The summed E-state index contributed by atoms with van der Waals surface area (Å²) in [7, 11) is 2.19. The fourth-order valence-electron chi connectivity index (χ4n) is 2.59. The second-order valence-electron chi connectivity index (χ2n) is 5.23. The maximum absolute atomic E-state index is 6.18. The Morgan fingerprint density at radius 1 is 1.47 bits per heavy atom. The third kappa shape index (κ3) is 4.29. The molecule has 4 heteroatoms. The van der Waals surface area contributed by atoms with Crippen LogP contribution in [0, 0.1) is 5.92 Å². The number of anilines is 1. The molecule has 0 aliphatic carbocycles. The van der Waals surface area contributed by atoms with Gasteiger partial charge in [-0.3, -0.25) is 0 Å². The number of hydrogen-bond donors (Lipinski definition) is 1. The molecule has 1 saturated heterocycles. The van der Waals surface area contributed by atoms with Crippen molar-refractivity contribution >= 4 is 17.3 Å². The van der Waals surface area contributed by atoms with Gasteiger partial charge >= 0.3 is 0 Å². The highest BCUT2D eigenvalue weighted by atomic mass is 35.5. The van der Waals surface area contributed by atoms with Crippen LogP contribution in [0.5, 0.6) is 5.75 Å². The second kappa shape index (κ2) is 7.01. The van der Waals surface area contributed by atoms with Gasteiger partial charge in [-0.1, -0.05) is 11.6 Å². The van der Waals surface area contributed by atoms with Crippen LogP contribution in [-0.2, 0) is 0 Å². The average molecular weight is 283 g/mol. The Morgan fingerprint density at radius 2 is 2.32 bits per heavy atom. The van der Waals surface area contributed by atoms with Crippen LogP contribution < -0.4 is 10.1 Å². The van der Waals surface area contributed by atoms with Gasteiger partial charge in [-0.2, -0.15) is 0 Å². The number of likely N-dealkylation sites (tertiary alicyclic amines) is 1. The number of piperidine rings is 1. The van der Waals surface area contributed by atoms with Gasteiger partial charge in [0.15, 0.2) is 0 Å². The Labute approximate surface area is 120 Å². The standard InChI is InChI=1S/C15H23ClN2O/c1-3-19-15-7-6-13(9-14(15)16)17-10-12-5-4-8-18(2)11-12/h6-7,9,12,17H,3-5,8,10-11H2,1-2H3. The lowest BCUT2D eigenvalue weighted by molar-refractivity contribution is 0.217. The highest BCUT2D eigenvalue weighted by Gasteiger charge is 2.16. The Hall–Kier alpha value is -0.930. The fourth-order valence-corrected chi connectivity index (χ4v) is 2.82. The van der Waals surface area contributed by atoms with Gasteiger partial charge in [-0.05, 0) is 57.5 Å². The summed E-state index contributed by atoms with van der Waals surface area (Å²) in [5.41, 5.74) is 1.07. The number of benzene rings is 1. The lowest BCUT2D eigenvalue weighted by atomic mass is 9.98. The molecule has 19 heavy (non-hydrogen) atoms. The summed E-state index contributed by atoms with van der Waals surface area (Å²) in [6.45, 7) is 6.01. The minimum absolute atomic E-state index is 0.640. The molecule has 0 aromatic heterocycles. The van der Waals surface area contributed by atoms with Crippen molar-refractivity contribution in [1.29, 1.82) is 0 Å². The minimum Gasteiger partial charge on any atom is -0.492 e. The molecule has 0 amide bonds. The zero-order valence-corrected chi connectivity index (χ0v) is 12.5. The van der Waals surface area contributed by atoms with Crippen molar-refractivity contribution in [2.75, 3.05) is 38.6 Å². The lowest BCUT2D eigenvalue weighted by Gasteiger charge is -2.30. The molecule has 1 aliphatic rings. The highest BCUT2D eigenvalue weighted by Crippen LogP contribution is 2.28.